The molecule has 0 atom stereocenters. The van der Waals surface area contributed by atoms with Crippen LogP contribution in [0.5, 0.6) is 0 Å². The van der Waals surface area contributed by atoms with Crippen LogP contribution in [0.1, 0.15) is 22.8 Å². The zero-order valence-corrected chi connectivity index (χ0v) is 12.5. The summed E-state index contributed by atoms with van der Waals surface area (Å²) < 4.78 is 33.5. The van der Waals surface area contributed by atoms with Crippen LogP contribution in [0.4, 0.5) is 8.78 Å². The molecule has 0 fully saturated rings. The molecule has 116 valence electrons. The molecule has 1 N–H and O–H groups in total. The van der Waals surface area contributed by atoms with Gasteiger partial charge in [0.2, 0.25) is 11.7 Å². The van der Waals surface area contributed by atoms with E-state index in [1.807, 2.05) is 0 Å². The van der Waals surface area contributed by atoms with E-state index < -0.39 is 11.7 Å². The van der Waals surface area contributed by atoms with Gasteiger partial charge in [0.15, 0.2) is 0 Å². The molecule has 0 amide bonds. The predicted octanol–water partition coefficient (Wildman–Crippen LogP) is 4.34. The number of aromatic nitrogens is 2. The fourth-order valence-corrected chi connectivity index (χ4v) is 1.84. The lowest BCUT2D eigenvalue weighted by Gasteiger charge is -2.13. The average molecular weight is 327 g/mol. The molecule has 4 nitrogen and oxygen atoms in total. The average Bonchev–Trinajstić information content (AvgIpc) is 2.90. The second-order valence-electron chi connectivity index (χ2n) is 4.78. The summed E-state index contributed by atoms with van der Waals surface area (Å²) in [5.41, 5.74) is 0.561. The highest BCUT2D eigenvalue weighted by molar-refractivity contribution is 6.31. The zero-order chi connectivity index (χ0) is 16.5. The highest BCUT2D eigenvalue weighted by Crippen LogP contribution is 2.35. The van der Waals surface area contributed by atoms with Crippen molar-refractivity contribution < 1.29 is 18.4 Å². The number of aryl methyl sites for hydroxylation is 1. The van der Waals surface area contributed by atoms with E-state index in [0.717, 1.165) is 0 Å². The van der Waals surface area contributed by atoms with Gasteiger partial charge in [0.1, 0.15) is 5.76 Å². The SMILES string of the molecule is C=C(O)C(=C)Cc1nc(C(F)(F)c2ccc(C)c(Cl)c2)no1. The second-order valence-corrected chi connectivity index (χ2v) is 5.18. The van der Waals surface area contributed by atoms with Crippen LogP contribution in [0.2, 0.25) is 5.02 Å². The van der Waals surface area contributed by atoms with Crippen molar-refractivity contribution in [2.45, 2.75) is 19.3 Å². The van der Waals surface area contributed by atoms with Gasteiger partial charge in [-0.25, -0.2) is 0 Å². The first-order valence-corrected chi connectivity index (χ1v) is 6.63. The van der Waals surface area contributed by atoms with E-state index in [1.165, 1.54) is 18.2 Å². The Hall–Kier alpha value is -2.21. The number of halogens is 3. The van der Waals surface area contributed by atoms with Crippen LogP contribution in [-0.2, 0) is 12.3 Å². The van der Waals surface area contributed by atoms with E-state index in [2.05, 4.69) is 23.3 Å². The van der Waals surface area contributed by atoms with Crippen molar-refractivity contribution in [1.29, 1.82) is 0 Å². The van der Waals surface area contributed by atoms with Crippen molar-refractivity contribution in [1.82, 2.24) is 10.1 Å². The third-order valence-electron chi connectivity index (χ3n) is 3.06. The van der Waals surface area contributed by atoms with Gasteiger partial charge in [-0.3, -0.25) is 0 Å². The van der Waals surface area contributed by atoms with Gasteiger partial charge in [0.05, 0.1) is 6.42 Å². The number of aliphatic hydroxyl groups excluding tert-OH is 1. The van der Waals surface area contributed by atoms with E-state index in [1.54, 1.807) is 6.92 Å². The highest BCUT2D eigenvalue weighted by Gasteiger charge is 2.40. The van der Waals surface area contributed by atoms with Gasteiger partial charge in [0, 0.05) is 10.6 Å². The molecule has 0 unspecified atom stereocenters. The van der Waals surface area contributed by atoms with Crippen molar-refractivity contribution >= 4 is 11.6 Å². The molecule has 1 aromatic carbocycles. The molecule has 2 aromatic rings. The molecular weight excluding hydrogens is 314 g/mol. The Morgan fingerprint density at radius 2 is 2.09 bits per heavy atom. The van der Waals surface area contributed by atoms with Gasteiger partial charge in [-0.15, -0.1) is 0 Å². The quantitative estimate of drug-likeness (QED) is 0.656. The molecule has 0 aliphatic carbocycles. The Balaban J connectivity index is 2.30. The molecule has 0 saturated carbocycles. The normalized spacial score (nSPS) is 11.5. The molecule has 22 heavy (non-hydrogen) atoms. The number of nitrogens with zero attached hydrogens (tertiary/aromatic N) is 2. The van der Waals surface area contributed by atoms with Crippen LogP contribution in [0.15, 0.2) is 47.2 Å². The third-order valence-corrected chi connectivity index (χ3v) is 3.46. The maximum atomic E-state index is 14.4. The number of rotatable bonds is 5. The van der Waals surface area contributed by atoms with E-state index in [9.17, 15) is 8.78 Å². The molecule has 1 heterocycles. The van der Waals surface area contributed by atoms with Gasteiger partial charge in [0.25, 0.3) is 0 Å². The number of hydrogen-bond donors (Lipinski definition) is 1. The zero-order valence-electron chi connectivity index (χ0n) is 11.7. The summed E-state index contributed by atoms with van der Waals surface area (Å²) >= 11 is 5.87. The van der Waals surface area contributed by atoms with E-state index in [-0.39, 0.29) is 34.2 Å². The number of alkyl halides is 2. The highest BCUT2D eigenvalue weighted by atomic mass is 35.5. The summed E-state index contributed by atoms with van der Waals surface area (Å²) in [4.78, 5) is 3.65. The summed E-state index contributed by atoms with van der Waals surface area (Å²) in [5.74, 6) is -4.58. The Morgan fingerprint density at radius 3 is 2.68 bits per heavy atom. The largest absolute Gasteiger partial charge is 0.508 e. The van der Waals surface area contributed by atoms with Gasteiger partial charge >= 0.3 is 5.92 Å². The summed E-state index contributed by atoms with van der Waals surface area (Å²) in [6.07, 6.45) is -0.0624. The van der Waals surface area contributed by atoms with Crippen LogP contribution in [0.3, 0.4) is 0 Å². The Kier molecular flexibility index (Phi) is 4.32. The second kappa shape index (κ2) is 5.88. The smallest absolute Gasteiger partial charge is 0.335 e. The lowest BCUT2D eigenvalue weighted by Crippen LogP contribution is -2.17. The van der Waals surface area contributed by atoms with E-state index in [4.69, 9.17) is 21.2 Å². The van der Waals surface area contributed by atoms with Crippen molar-refractivity contribution in [3.8, 4) is 0 Å². The number of allylic oxidation sites excluding steroid dienone is 1. The standard InChI is InChI=1S/C15H13ClF2N2O2/c1-8-4-5-11(7-12(8)16)15(17,18)14-19-13(22-20-14)6-9(2)10(3)21/h4-5,7,21H,2-3,6H2,1H3. The first kappa shape index (κ1) is 16.2. The maximum Gasteiger partial charge on any atom is 0.335 e. The van der Waals surface area contributed by atoms with E-state index >= 15 is 0 Å². The molecule has 2 rings (SSSR count). The minimum Gasteiger partial charge on any atom is -0.508 e. The first-order chi connectivity index (χ1) is 10.2. The molecule has 0 aliphatic rings. The van der Waals surface area contributed by atoms with Gasteiger partial charge in [-0.1, -0.05) is 42.0 Å². The molecule has 1 aromatic heterocycles. The lowest BCUT2D eigenvalue weighted by molar-refractivity contribution is 0.0304. The van der Waals surface area contributed by atoms with Crippen LogP contribution in [-0.4, -0.2) is 15.2 Å². The topological polar surface area (TPSA) is 59.2 Å². The van der Waals surface area contributed by atoms with Crippen LogP contribution >= 0.6 is 11.6 Å². The van der Waals surface area contributed by atoms with Crippen LogP contribution < -0.4 is 0 Å². The summed E-state index contributed by atoms with van der Waals surface area (Å²) in [5, 5.41) is 12.7. The first-order valence-electron chi connectivity index (χ1n) is 6.25. The monoisotopic (exact) mass is 326 g/mol. The van der Waals surface area contributed by atoms with Gasteiger partial charge in [-0.2, -0.15) is 13.8 Å². The molecule has 7 heteroatoms. The minimum absolute atomic E-state index is 0.0624. The van der Waals surface area contributed by atoms with Gasteiger partial charge in [-0.05, 0) is 24.1 Å². The fraction of sp³-hybridized carbons (Fsp3) is 0.200. The van der Waals surface area contributed by atoms with Crippen molar-refractivity contribution in [2.24, 2.45) is 0 Å². The Morgan fingerprint density at radius 1 is 1.41 bits per heavy atom. The summed E-state index contributed by atoms with van der Waals surface area (Å²) in [7, 11) is 0. The van der Waals surface area contributed by atoms with Crippen molar-refractivity contribution in [3.63, 3.8) is 0 Å². The number of aliphatic hydroxyl groups is 1. The molecule has 0 radical (unpaired) electrons. The van der Waals surface area contributed by atoms with Crippen LogP contribution in [0.25, 0.3) is 0 Å². The third kappa shape index (κ3) is 3.17. The summed E-state index contributed by atoms with van der Waals surface area (Å²) in [6, 6.07) is 3.91. The molecule has 0 aliphatic heterocycles. The van der Waals surface area contributed by atoms with Crippen LogP contribution in [0, 0.1) is 6.92 Å². The van der Waals surface area contributed by atoms with Gasteiger partial charge < -0.3 is 9.63 Å². The minimum atomic E-state index is -3.45. The Labute approximate surface area is 130 Å². The fourth-order valence-electron chi connectivity index (χ4n) is 1.66. The number of benzene rings is 1. The van der Waals surface area contributed by atoms with Crippen molar-refractivity contribution in [2.75, 3.05) is 0 Å². The molecular formula is C15H13ClF2N2O2. The lowest BCUT2D eigenvalue weighted by atomic mass is 10.1. The van der Waals surface area contributed by atoms with Crippen molar-refractivity contribution in [3.05, 3.63) is 70.6 Å². The number of hydrogen-bond acceptors (Lipinski definition) is 4. The maximum absolute atomic E-state index is 14.4. The van der Waals surface area contributed by atoms with E-state index in [0.29, 0.717) is 5.56 Å². The Bertz CT molecular complexity index is 741. The summed E-state index contributed by atoms with van der Waals surface area (Å²) in [6.45, 7) is 8.51. The molecule has 0 spiro atoms. The molecule has 0 saturated heterocycles. The predicted molar refractivity (Wildman–Crippen MR) is 78.1 cm³/mol. The molecule has 0 bridgehead atoms.